The van der Waals surface area contributed by atoms with E-state index in [4.69, 9.17) is 11.6 Å². The third-order valence-corrected chi connectivity index (χ3v) is 1.33. The molecule has 13 heavy (non-hydrogen) atoms. The number of halogens is 5. The number of ether oxygens (including phenoxy) is 1. The van der Waals surface area contributed by atoms with Crippen molar-refractivity contribution in [1.29, 1.82) is 0 Å². The monoisotopic (exact) mass is 215 g/mol. The maximum atomic E-state index is 12.6. The molecule has 0 aliphatic carbocycles. The smallest absolute Gasteiger partial charge is 0.399 e. The van der Waals surface area contributed by atoms with Crippen molar-refractivity contribution in [3.05, 3.63) is 23.2 Å². The lowest BCUT2D eigenvalue weighted by Gasteiger charge is -2.09. The van der Waals surface area contributed by atoms with E-state index in [1.807, 2.05) is 0 Å². The summed E-state index contributed by atoms with van der Waals surface area (Å²) in [6, 6.07) is 0.992. The van der Waals surface area contributed by atoms with Crippen LogP contribution >= 0.6 is 11.6 Å². The molecule has 0 saturated heterocycles. The summed E-state index contributed by atoms with van der Waals surface area (Å²) >= 11 is 5.23. The van der Waals surface area contributed by atoms with Crippen molar-refractivity contribution in [2.75, 3.05) is 0 Å². The lowest BCUT2D eigenvalue weighted by molar-refractivity contribution is -0.275. The van der Waals surface area contributed by atoms with Crippen molar-refractivity contribution in [3.8, 4) is 5.75 Å². The largest absolute Gasteiger partial charge is 0.573 e. The zero-order valence-electron chi connectivity index (χ0n) is 5.90. The van der Waals surface area contributed by atoms with Gasteiger partial charge in [0.25, 0.3) is 5.95 Å². The maximum Gasteiger partial charge on any atom is 0.573 e. The molecule has 1 rings (SSSR count). The molecule has 0 N–H and O–H groups in total. The number of alkyl halides is 3. The van der Waals surface area contributed by atoms with Crippen molar-refractivity contribution in [2.24, 2.45) is 0 Å². The van der Waals surface area contributed by atoms with E-state index in [1.165, 1.54) is 0 Å². The predicted molar refractivity (Wildman–Crippen MR) is 35.9 cm³/mol. The molecule has 2 nitrogen and oxygen atoms in total. The highest BCUT2D eigenvalue weighted by Gasteiger charge is 2.33. The molecule has 72 valence electrons. The first kappa shape index (κ1) is 10.0. The standard InChI is InChI=1S/C6H2ClF4NO/c7-3-1-2-12-5(8)4(3)13-6(9,10)11/h1-2H. The average Bonchev–Trinajstić information content (AvgIpc) is 1.95. The fraction of sp³-hybridized carbons (Fsp3) is 0.167. The molecule has 7 heteroatoms. The third-order valence-electron chi connectivity index (χ3n) is 1.03. The zero-order valence-corrected chi connectivity index (χ0v) is 6.66. The van der Waals surface area contributed by atoms with E-state index in [1.54, 1.807) is 0 Å². The van der Waals surface area contributed by atoms with E-state index < -0.39 is 23.1 Å². The Morgan fingerprint density at radius 1 is 1.38 bits per heavy atom. The summed E-state index contributed by atoms with van der Waals surface area (Å²) in [5, 5.41) is -0.482. The van der Waals surface area contributed by atoms with Gasteiger partial charge in [-0.25, -0.2) is 4.98 Å². The Morgan fingerprint density at radius 3 is 2.46 bits per heavy atom. The fourth-order valence-corrected chi connectivity index (χ4v) is 0.780. The van der Waals surface area contributed by atoms with Crippen molar-refractivity contribution >= 4 is 11.6 Å². The number of rotatable bonds is 1. The van der Waals surface area contributed by atoms with Crippen LogP contribution < -0.4 is 4.74 Å². The quantitative estimate of drug-likeness (QED) is 0.531. The predicted octanol–water partition coefficient (Wildman–Crippen LogP) is 2.77. The van der Waals surface area contributed by atoms with Crippen LogP contribution in [0.4, 0.5) is 17.6 Å². The summed E-state index contributed by atoms with van der Waals surface area (Å²) in [4.78, 5) is 2.95. The van der Waals surface area contributed by atoms with Crippen LogP contribution in [0.25, 0.3) is 0 Å². The Bertz CT molecular complexity index is 294. The van der Waals surface area contributed by atoms with E-state index in [0.717, 1.165) is 12.3 Å². The van der Waals surface area contributed by atoms with Crippen LogP contribution in [-0.2, 0) is 0 Å². The molecule has 0 atom stereocenters. The highest BCUT2D eigenvalue weighted by molar-refractivity contribution is 6.32. The van der Waals surface area contributed by atoms with E-state index in [0.29, 0.717) is 0 Å². The molecule has 1 aromatic heterocycles. The van der Waals surface area contributed by atoms with Gasteiger partial charge in [0, 0.05) is 6.20 Å². The van der Waals surface area contributed by atoms with Crippen molar-refractivity contribution in [3.63, 3.8) is 0 Å². The van der Waals surface area contributed by atoms with Crippen molar-refractivity contribution < 1.29 is 22.3 Å². The lowest BCUT2D eigenvalue weighted by Crippen LogP contribution is -2.18. The Morgan fingerprint density at radius 2 is 2.00 bits per heavy atom. The maximum absolute atomic E-state index is 12.6. The number of nitrogens with zero attached hydrogens (tertiary/aromatic N) is 1. The van der Waals surface area contributed by atoms with Gasteiger partial charge in [0.05, 0.1) is 5.02 Å². The summed E-state index contributed by atoms with van der Waals surface area (Å²) in [7, 11) is 0. The topological polar surface area (TPSA) is 22.1 Å². The van der Waals surface area contributed by atoms with Crippen LogP contribution in [0.15, 0.2) is 12.3 Å². The Balaban J connectivity index is 3.00. The molecule has 0 radical (unpaired) electrons. The van der Waals surface area contributed by atoms with Gasteiger partial charge >= 0.3 is 6.36 Å². The lowest BCUT2D eigenvalue weighted by atomic mass is 10.4. The molecule has 0 saturated carbocycles. The first-order valence-electron chi connectivity index (χ1n) is 2.96. The molecule has 0 aromatic carbocycles. The number of hydrogen-bond donors (Lipinski definition) is 0. The SMILES string of the molecule is Fc1nccc(Cl)c1OC(F)(F)F. The van der Waals surface area contributed by atoms with Crippen LogP contribution in [0.1, 0.15) is 0 Å². The molecule has 1 aromatic rings. The van der Waals surface area contributed by atoms with Gasteiger partial charge in [0.15, 0.2) is 0 Å². The van der Waals surface area contributed by atoms with Gasteiger partial charge in [-0.2, -0.15) is 4.39 Å². The second-order valence-electron chi connectivity index (χ2n) is 1.96. The summed E-state index contributed by atoms with van der Waals surface area (Å²) in [5.41, 5.74) is 0. The van der Waals surface area contributed by atoms with Crippen LogP contribution in [0.3, 0.4) is 0 Å². The van der Waals surface area contributed by atoms with Crippen LogP contribution in [0, 0.1) is 5.95 Å². The number of aromatic nitrogens is 1. The first-order valence-corrected chi connectivity index (χ1v) is 3.33. The second kappa shape index (κ2) is 3.37. The average molecular weight is 216 g/mol. The minimum absolute atomic E-state index is 0.482. The molecule has 0 fully saturated rings. The minimum Gasteiger partial charge on any atom is -0.399 e. The summed E-state index contributed by atoms with van der Waals surface area (Å²) < 4.78 is 50.7. The fourth-order valence-electron chi connectivity index (χ4n) is 0.608. The summed E-state index contributed by atoms with van der Waals surface area (Å²) in [6.07, 6.45) is -4.05. The third kappa shape index (κ3) is 2.73. The molecule has 0 unspecified atom stereocenters. The van der Waals surface area contributed by atoms with Gasteiger partial charge in [0.2, 0.25) is 5.75 Å². The highest BCUT2D eigenvalue weighted by Crippen LogP contribution is 2.30. The van der Waals surface area contributed by atoms with E-state index in [-0.39, 0.29) is 0 Å². The molecular formula is C6H2ClF4NO. The van der Waals surface area contributed by atoms with Gasteiger partial charge in [0.1, 0.15) is 0 Å². The normalized spacial score (nSPS) is 11.5. The summed E-state index contributed by atoms with van der Waals surface area (Å²) in [5.74, 6) is -2.51. The van der Waals surface area contributed by atoms with E-state index >= 15 is 0 Å². The van der Waals surface area contributed by atoms with Crippen LogP contribution in [0.2, 0.25) is 5.02 Å². The van der Waals surface area contributed by atoms with Crippen molar-refractivity contribution in [1.82, 2.24) is 4.98 Å². The highest BCUT2D eigenvalue weighted by atomic mass is 35.5. The van der Waals surface area contributed by atoms with Gasteiger partial charge in [-0.15, -0.1) is 13.2 Å². The second-order valence-corrected chi connectivity index (χ2v) is 2.37. The molecule has 0 amide bonds. The Hall–Kier alpha value is -1.04. The Labute approximate surface area is 75.1 Å². The van der Waals surface area contributed by atoms with Gasteiger partial charge in [-0.05, 0) is 6.07 Å². The number of pyridine rings is 1. The van der Waals surface area contributed by atoms with Gasteiger partial charge in [-0.3, -0.25) is 0 Å². The Kier molecular flexibility index (Phi) is 2.60. The van der Waals surface area contributed by atoms with Crippen LogP contribution in [-0.4, -0.2) is 11.3 Å². The van der Waals surface area contributed by atoms with E-state index in [9.17, 15) is 17.6 Å². The molecular weight excluding hydrogens is 214 g/mol. The van der Waals surface area contributed by atoms with Gasteiger partial charge in [-0.1, -0.05) is 11.6 Å². The van der Waals surface area contributed by atoms with E-state index in [2.05, 4.69) is 9.72 Å². The molecule has 0 aliphatic heterocycles. The minimum atomic E-state index is -4.98. The van der Waals surface area contributed by atoms with Crippen LogP contribution in [0.5, 0.6) is 5.75 Å². The molecule has 1 heterocycles. The number of hydrogen-bond acceptors (Lipinski definition) is 2. The van der Waals surface area contributed by atoms with Gasteiger partial charge < -0.3 is 4.74 Å². The zero-order chi connectivity index (χ0) is 10.1. The molecule has 0 spiro atoms. The summed E-state index contributed by atoms with van der Waals surface area (Å²) in [6.45, 7) is 0. The van der Waals surface area contributed by atoms with Crippen molar-refractivity contribution in [2.45, 2.75) is 6.36 Å². The molecule has 0 bridgehead atoms. The first-order chi connectivity index (χ1) is 5.90. The molecule has 0 aliphatic rings.